The quantitative estimate of drug-likeness (QED) is 0.323. The maximum absolute atomic E-state index is 13.6. The summed E-state index contributed by atoms with van der Waals surface area (Å²) < 4.78 is 8.19. The number of fused-ring (bicyclic) bond motifs is 5. The molecule has 2 aliphatic heterocycles. The highest BCUT2D eigenvalue weighted by molar-refractivity contribution is 7.96. The Bertz CT molecular complexity index is 1690. The molecule has 9 heteroatoms. The van der Waals surface area contributed by atoms with E-state index in [0.717, 1.165) is 57.2 Å². The third-order valence-electron chi connectivity index (χ3n) is 8.23. The van der Waals surface area contributed by atoms with Gasteiger partial charge in [0.1, 0.15) is 0 Å². The topological polar surface area (TPSA) is 73.8 Å². The molecule has 0 spiro atoms. The molecule has 1 aromatic carbocycles. The Hall–Kier alpha value is -3.43. The molecule has 2 saturated heterocycles. The molecule has 0 N–H and O–H groups in total. The van der Waals surface area contributed by atoms with Crippen molar-refractivity contribution >= 4 is 33.9 Å². The number of benzene rings is 1. The Morgan fingerprint density at radius 3 is 2.35 bits per heavy atom. The molecule has 5 aromatic rings. The zero-order valence-electron chi connectivity index (χ0n) is 21.2. The van der Waals surface area contributed by atoms with E-state index >= 15 is 0 Å². The summed E-state index contributed by atoms with van der Waals surface area (Å²) in [7, 11) is 3.77. The molecule has 2 atom stereocenters. The van der Waals surface area contributed by atoms with Gasteiger partial charge in [-0.05, 0) is 55.7 Å². The number of piperidine rings is 1. The van der Waals surface area contributed by atoms with E-state index in [0.29, 0.717) is 12.1 Å². The minimum absolute atomic E-state index is 0.0548. The first-order chi connectivity index (χ1) is 18.0. The predicted octanol–water partition coefficient (Wildman–Crippen LogP) is 4.80. The van der Waals surface area contributed by atoms with Gasteiger partial charge in [0.05, 0.1) is 34.6 Å². The molecule has 2 fully saturated rings. The Labute approximate surface area is 219 Å². The normalized spacial score (nSPS) is 21.9. The summed E-state index contributed by atoms with van der Waals surface area (Å²) in [4.78, 5) is 23.0. The summed E-state index contributed by atoms with van der Waals surface area (Å²) >= 11 is 1.86. The molecule has 2 unspecified atom stereocenters. The molecule has 188 valence electrons. The van der Waals surface area contributed by atoms with E-state index in [1.54, 1.807) is 9.25 Å². The molecule has 0 saturated carbocycles. The highest BCUT2D eigenvalue weighted by atomic mass is 32.2. The van der Waals surface area contributed by atoms with Crippen LogP contribution in [0.1, 0.15) is 31.7 Å². The van der Waals surface area contributed by atoms with Crippen LogP contribution in [0.4, 0.5) is 0 Å². The first-order valence-electron chi connectivity index (χ1n) is 12.8. The van der Waals surface area contributed by atoms with Gasteiger partial charge in [0.15, 0.2) is 0 Å². The molecule has 0 amide bonds. The van der Waals surface area contributed by atoms with Gasteiger partial charge < -0.3 is 0 Å². The van der Waals surface area contributed by atoms with E-state index in [-0.39, 0.29) is 11.7 Å². The van der Waals surface area contributed by atoms with Crippen molar-refractivity contribution in [1.29, 1.82) is 0 Å². The minimum atomic E-state index is 0.0548. The molecular formula is C28H29N7OS. The summed E-state index contributed by atoms with van der Waals surface area (Å²) in [5, 5.41) is 5.27. The first kappa shape index (κ1) is 22.7. The van der Waals surface area contributed by atoms with Gasteiger partial charge >= 0.3 is 5.69 Å². The van der Waals surface area contributed by atoms with Crippen LogP contribution in [0.15, 0.2) is 59.9 Å². The number of aromatic nitrogens is 6. The monoisotopic (exact) mass is 511 g/mol. The van der Waals surface area contributed by atoms with E-state index in [1.165, 1.54) is 12.8 Å². The lowest BCUT2D eigenvalue weighted by Gasteiger charge is -2.37. The fourth-order valence-electron chi connectivity index (χ4n) is 6.45. The van der Waals surface area contributed by atoms with Crippen LogP contribution in [-0.2, 0) is 14.1 Å². The smallest absolute Gasteiger partial charge is 0.293 e. The van der Waals surface area contributed by atoms with E-state index in [4.69, 9.17) is 9.97 Å². The Balaban J connectivity index is 1.34. The van der Waals surface area contributed by atoms with Crippen molar-refractivity contribution in [3.8, 4) is 22.4 Å². The van der Waals surface area contributed by atoms with Gasteiger partial charge in [0, 0.05) is 61.1 Å². The second-order valence-electron chi connectivity index (χ2n) is 10.3. The maximum Gasteiger partial charge on any atom is 0.329 e. The number of pyridine rings is 2. The fraction of sp³-hybridized carbons (Fsp3) is 0.357. The summed E-state index contributed by atoms with van der Waals surface area (Å²) in [5.41, 5.74) is 6.83. The average Bonchev–Trinajstić information content (AvgIpc) is 3.55. The first-order valence-corrected chi connectivity index (χ1v) is 14.0. The van der Waals surface area contributed by atoms with Crippen LogP contribution in [0.2, 0.25) is 0 Å². The van der Waals surface area contributed by atoms with Gasteiger partial charge in [0.25, 0.3) is 0 Å². The fourth-order valence-corrected chi connectivity index (χ4v) is 7.43. The zero-order chi connectivity index (χ0) is 25.3. The summed E-state index contributed by atoms with van der Waals surface area (Å²) in [6, 6.07) is 11.7. The van der Waals surface area contributed by atoms with Gasteiger partial charge in [-0.1, -0.05) is 24.1 Å². The van der Waals surface area contributed by atoms with Crippen molar-refractivity contribution in [2.75, 3.05) is 6.26 Å². The van der Waals surface area contributed by atoms with Crippen molar-refractivity contribution in [2.24, 2.45) is 14.1 Å². The van der Waals surface area contributed by atoms with Crippen LogP contribution in [-0.4, -0.2) is 51.5 Å². The molecule has 37 heavy (non-hydrogen) atoms. The number of hydrogen-bond donors (Lipinski definition) is 0. The largest absolute Gasteiger partial charge is 0.329 e. The van der Waals surface area contributed by atoms with Gasteiger partial charge in [-0.15, -0.1) is 0 Å². The van der Waals surface area contributed by atoms with Crippen molar-refractivity contribution in [3.05, 3.63) is 65.6 Å². The molecule has 2 aliphatic rings. The molecule has 8 nitrogen and oxygen atoms in total. The Morgan fingerprint density at radius 2 is 1.68 bits per heavy atom. The summed E-state index contributed by atoms with van der Waals surface area (Å²) in [6.07, 6.45) is 14.2. The maximum atomic E-state index is 13.6. The van der Waals surface area contributed by atoms with Crippen LogP contribution in [0.25, 0.3) is 44.3 Å². The number of hydrogen-bond acceptors (Lipinski definition) is 6. The predicted molar refractivity (Wildman–Crippen MR) is 148 cm³/mol. The zero-order valence-corrected chi connectivity index (χ0v) is 22.0. The van der Waals surface area contributed by atoms with Crippen molar-refractivity contribution in [3.63, 3.8) is 0 Å². The lowest BCUT2D eigenvalue weighted by Crippen LogP contribution is -2.41. The van der Waals surface area contributed by atoms with Crippen LogP contribution >= 0.6 is 11.9 Å². The number of imidazole rings is 1. The molecule has 2 bridgehead atoms. The molecule has 0 aliphatic carbocycles. The van der Waals surface area contributed by atoms with E-state index in [2.05, 4.69) is 44.5 Å². The average molecular weight is 512 g/mol. The molecule has 7 rings (SSSR count). The van der Waals surface area contributed by atoms with Gasteiger partial charge in [0.2, 0.25) is 0 Å². The highest BCUT2D eigenvalue weighted by Gasteiger charge is 2.42. The SMILES string of the molecule is CSN1C2CCC1CC(n1c(=O)n(C)c3cnc4ccc(-c5ccc(-c6cnn(C)c6)nc5)cc4c31)C2. The van der Waals surface area contributed by atoms with Crippen molar-refractivity contribution in [2.45, 2.75) is 43.8 Å². The molecule has 0 radical (unpaired) electrons. The third kappa shape index (κ3) is 3.55. The molecular weight excluding hydrogens is 482 g/mol. The second kappa shape index (κ2) is 8.56. The molecule has 6 heterocycles. The molecule has 4 aromatic heterocycles. The van der Waals surface area contributed by atoms with Gasteiger partial charge in [-0.25, -0.2) is 9.10 Å². The van der Waals surface area contributed by atoms with Crippen molar-refractivity contribution < 1.29 is 0 Å². The van der Waals surface area contributed by atoms with Crippen LogP contribution in [0.5, 0.6) is 0 Å². The number of aryl methyl sites for hydroxylation is 2. The van der Waals surface area contributed by atoms with E-state index in [1.807, 2.05) is 56.9 Å². The number of nitrogens with zero attached hydrogens (tertiary/aromatic N) is 7. The lowest BCUT2D eigenvalue weighted by molar-refractivity contribution is 0.208. The van der Waals surface area contributed by atoms with E-state index < -0.39 is 0 Å². The lowest BCUT2D eigenvalue weighted by atomic mass is 9.98. The van der Waals surface area contributed by atoms with Crippen LogP contribution in [0.3, 0.4) is 0 Å². The highest BCUT2D eigenvalue weighted by Crippen LogP contribution is 2.44. The van der Waals surface area contributed by atoms with Gasteiger partial charge in [-0.2, -0.15) is 5.10 Å². The minimum Gasteiger partial charge on any atom is -0.293 e. The van der Waals surface area contributed by atoms with Crippen LogP contribution in [0, 0.1) is 0 Å². The number of rotatable bonds is 4. The Morgan fingerprint density at radius 1 is 0.892 bits per heavy atom. The second-order valence-corrected chi connectivity index (χ2v) is 11.1. The van der Waals surface area contributed by atoms with Crippen molar-refractivity contribution in [1.82, 2.24) is 33.2 Å². The standard InChI is InChI=1S/C28H29N7OS/c1-32-16-19(14-31-32)24-8-5-18(13-29-24)17-4-9-25-23(10-17)27-26(15-30-25)33(2)28(36)34(27)22-11-20-6-7-21(12-22)35(20)37-3/h4-5,8-10,13-16,20-22H,6-7,11-12H2,1-3H3. The summed E-state index contributed by atoms with van der Waals surface area (Å²) in [6.45, 7) is 0. The van der Waals surface area contributed by atoms with Crippen LogP contribution < -0.4 is 5.69 Å². The third-order valence-corrected chi connectivity index (χ3v) is 9.25. The summed E-state index contributed by atoms with van der Waals surface area (Å²) in [5.74, 6) is 0. The Kier molecular flexibility index (Phi) is 5.26. The van der Waals surface area contributed by atoms with E-state index in [9.17, 15) is 4.79 Å². The van der Waals surface area contributed by atoms with Gasteiger partial charge in [-0.3, -0.25) is 23.8 Å².